The van der Waals surface area contributed by atoms with Crippen molar-refractivity contribution in [3.8, 4) is 0 Å². The summed E-state index contributed by atoms with van der Waals surface area (Å²) in [5, 5.41) is 1.83. The fourth-order valence-electron chi connectivity index (χ4n) is 1.29. The van der Waals surface area contributed by atoms with E-state index in [9.17, 15) is 0 Å². The van der Waals surface area contributed by atoms with Crippen molar-refractivity contribution < 1.29 is 0 Å². The predicted octanol–water partition coefficient (Wildman–Crippen LogP) is 5.02. The van der Waals surface area contributed by atoms with E-state index in [2.05, 4.69) is 4.98 Å². The molecule has 0 radical (unpaired) electrons. The summed E-state index contributed by atoms with van der Waals surface area (Å²) >= 11 is 23.3. The van der Waals surface area contributed by atoms with Crippen molar-refractivity contribution in [3.63, 3.8) is 0 Å². The highest BCUT2D eigenvalue weighted by molar-refractivity contribution is 6.45. The SMILES string of the molecule is Clc1ccc2cc(C(Cl)Cl)c(Cl)nc2c1. The lowest BCUT2D eigenvalue weighted by molar-refractivity contribution is 1.27. The second-order valence-corrected chi connectivity index (χ2v) is 4.90. The van der Waals surface area contributed by atoms with E-state index in [4.69, 9.17) is 46.4 Å². The monoisotopic (exact) mass is 279 g/mol. The third kappa shape index (κ3) is 2.31. The standard InChI is InChI=1S/C10H5Cl4N/c11-6-2-1-5-3-7(9(12)13)10(14)15-8(5)4-6/h1-4,9H. The van der Waals surface area contributed by atoms with Gasteiger partial charge in [0.05, 0.1) is 5.52 Å². The van der Waals surface area contributed by atoms with Crippen molar-refractivity contribution in [1.82, 2.24) is 4.98 Å². The van der Waals surface area contributed by atoms with E-state index in [1.54, 1.807) is 12.1 Å². The zero-order valence-electron chi connectivity index (χ0n) is 7.35. The van der Waals surface area contributed by atoms with Gasteiger partial charge in [-0.05, 0) is 18.2 Å². The van der Waals surface area contributed by atoms with Crippen LogP contribution < -0.4 is 0 Å². The molecule has 1 nitrogen and oxygen atoms in total. The molecule has 78 valence electrons. The van der Waals surface area contributed by atoms with E-state index in [1.807, 2.05) is 12.1 Å². The zero-order valence-corrected chi connectivity index (χ0v) is 10.4. The average Bonchev–Trinajstić information content (AvgIpc) is 2.15. The van der Waals surface area contributed by atoms with Gasteiger partial charge >= 0.3 is 0 Å². The molecular weight excluding hydrogens is 276 g/mol. The minimum atomic E-state index is -0.676. The Kier molecular flexibility index (Phi) is 3.27. The third-order valence-electron chi connectivity index (χ3n) is 2.00. The molecule has 1 heterocycles. The van der Waals surface area contributed by atoms with Gasteiger partial charge in [-0.25, -0.2) is 4.98 Å². The summed E-state index contributed by atoms with van der Waals surface area (Å²) in [6.45, 7) is 0. The molecule has 0 fully saturated rings. The maximum Gasteiger partial charge on any atom is 0.135 e. The molecule has 0 bridgehead atoms. The number of fused-ring (bicyclic) bond motifs is 1. The number of benzene rings is 1. The maximum atomic E-state index is 5.93. The first-order chi connectivity index (χ1) is 7.08. The molecule has 0 aliphatic carbocycles. The molecule has 2 aromatic rings. The summed E-state index contributed by atoms with van der Waals surface area (Å²) in [5.74, 6) is 0. The first-order valence-electron chi connectivity index (χ1n) is 4.12. The highest BCUT2D eigenvalue weighted by Crippen LogP contribution is 2.32. The van der Waals surface area contributed by atoms with Crippen LogP contribution >= 0.6 is 46.4 Å². The third-order valence-corrected chi connectivity index (χ3v) is 3.00. The Balaban J connectivity index is 2.71. The van der Waals surface area contributed by atoms with Crippen molar-refractivity contribution in [2.45, 2.75) is 4.84 Å². The minimum absolute atomic E-state index is 0.305. The highest BCUT2D eigenvalue weighted by Gasteiger charge is 2.11. The van der Waals surface area contributed by atoms with Crippen LogP contribution in [0.25, 0.3) is 10.9 Å². The number of alkyl halides is 2. The van der Waals surface area contributed by atoms with Crippen molar-refractivity contribution in [1.29, 1.82) is 0 Å². The first kappa shape index (κ1) is 11.3. The van der Waals surface area contributed by atoms with Crippen LogP contribution in [0.2, 0.25) is 10.2 Å². The molecular formula is C10H5Cl4N. The van der Waals surface area contributed by atoms with Gasteiger partial charge in [-0.15, -0.1) is 0 Å². The topological polar surface area (TPSA) is 12.9 Å². The average molecular weight is 281 g/mol. The van der Waals surface area contributed by atoms with Gasteiger partial charge in [0, 0.05) is 16.0 Å². The molecule has 0 aliphatic rings. The number of hydrogen-bond acceptors (Lipinski definition) is 1. The second kappa shape index (κ2) is 4.34. The first-order valence-corrected chi connectivity index (χ1v) is 5.74. The van der Waals surface area contributed by atoms with Gasteiger partial charge in [-0.2, -0.15) is 0 Å². The maximum absolute atomic E-state index is 5.93. The lowest BCUT2D eigenvalue weighted by Crippen LogP contribution is -1.89. The summed E-state index contributed by atoms with van der Waals surface area (Å²) in [6, 6.07) is 7.18. The Morgan fingerprint density at radius 2 is 1.80 bits per heavy atom. The molecule has 1 aromatic carbocycles. The molecule has 0 amide bonds. The molecule has 0 saturated carbocycles. The molecule has 5 heteroatoms. The van der Waals surface area contributed by atoms with Crippen molar-refractivity contribution >= 4 is 57.3 Å². The lowest BCUT2D eigenvalue weighted by atomic mass is 10.2. The van der Waals surface area contributed by atoms with Gasteiger partial charge in [0.25, 0.3) is 0 Å². The van der Waals surface area contributed by atoms with Gasteiger partial charge in [-0.1, -0.05) is 52.5 Å². The van der Waals surface area contributed by atoms with E-state index in [0.717, 1.165) is 10.9 Å². The van der Waals surface area contributed by atoms with Crippen molar-refractivity contribution in [3.05, 3.63) is 40.0 Å². The van der Waals surface area contributed by atoms with Crippen LogP contribution in [0.15, 0.2) is 24.3 Å². The molecule has 0 atom stereocenters. The van der Waals surface area contributed by atoms with Gasteiger partial charge in [0.1, 0.15) is 9.99 Å². The number of rotatable bonds is 1. The van der Waals surface area contributed by atoms with Gasteiger partial charge < -0.3 is 0 Å². The Morgan fingerprint density at radius 3 is 2.47 bits per heavy atom. The van der Waals surface area contributed by atoms with Crippen LogP contribution in [0.5, 0.6) is 0 Å². The number of aromatic nitrogens is 1. The van der Waals surface area contributed by atoms with Gasteiger partial charge in [-0.3, -0.25) is 0 Å². The number of halogens is 4. The summed E-state index contributed by atoms with van der Waals surface area (Å²) in [6.07, 6.45) is 0. The molecule has 0 spiro atoms. The minimum Gasteiger partial charge on any atom is -0.236 e. The molecule has 15 heavy (non-hydrogen) atoms. The molecule has 2 rings (SSSR count). The summed E-state index contributed by atoms with van der Waals surface area (Å²) in [4.78, 5) is 3.49. The second-order valence-electron chi connectivity index (χ2n) is 3.01. The Bertz CT molecular complexity index is 510. The van der Waals surface area contributed by atoms with Crippen LogP contribution in [0, 0.1) is 0 Å². The van der Waals surface area contributed by atoms with E-state index in [0.29, 0.717) is 15.7 Å². The molecule has 0 saturated heterocycles. The Hall–Kier alpha value is -0.210. The predicted molar refractivity (Wildman–Crippen MR) is 66.2 cm³/mol. The Morgan fingerprint density at radius 1 is 1.07 bits per heavy atom. The largest absolute Gasteiger partial charge is 0.236 e. The molecule has 0 aliphatic heterocycles. The summed E-state index contributed by atoms with van der Waals surface area (Å²) in [5.41, 5.74) is 1.33. The van der Waals surface area contributed by atoms with Gasteiger partial charge in [0.15, 0.2) is 0 Å². The Labute approximate surface area is 107 Å². The molecule has 0 N–H and O–H groups in total. The van der Waals surface area contributed by atoms with Crippen molar-refractivity contribution in [2.75, 3.05) is 0 Å². The quantitative estimate of drug-likeness (QED) is 0.528. The van der Waals surface area contributed by atoms with E-state index < -0.39 is 4.84 Å². The van der Waals surface area contributed by atoms with Gasteiger partial charge in [0.2, 0.25) is 0 Å². The number of nitrogens with zero attached hydrogens (tertiary/aromatic N) is 1. The summed E-state index contributed by atoms with van der Waals surface area (Å²) in [7, 11) is 0. The van der Waals surface area contributed by atoms with Crippen LogP contribution in [0.3, 0.4) is 0 Å². The van der Waals surface area contributed by atoms with Crippen LogP contribution in [0.1, 0.15) is 10.4 Å². The number of hydrogen-bond donors (Lipinski definition) is 0. The zero-order chi connectivity index (χ0) is 11.0. The fraction of sp³-hybridized carbons (Fsp3) is 0.100. The van der Waals surface area contributed by atoms with E-state index in [1.165, 1.54) is 0 Å². The molecule has 0 unspecified atom stereocenters. The van der Waals surface area contributed by atoms with Crippen LogP contribution in [-0.4, -0.2) is 4.98 Å². The van der Waals surface area contributed by atoms with E-state index >= 15 is 0 Å². The van der Waals surface area contributed by atoms with Crippen molar-refractivity contribution in [2.24, 2.45) is 0 Å². The molecule has 1 aromatic heterocycles. The normalized spacial score (nSPS) is 11.3. The fourth-order valence-corrected chi connectivity index (χ4v) is 2.15. The van der Waals surface area contributed by atoms with Crippen LogP contribution in [0.4, 0.5) is 0 Å². The van der Waals surface area contributed by atoms with Crippen LogP contribution in [-0.2, 0) is 0 Å². The highest BCUT2D eigenvalue weighted by atomic mass is 35.5. The lowest BCUT2D eigenvalue weighted by Gasteiger charge is -2.06. The van der Waals surface area contributed by atoms with E-state index in [-0.39, 0.29) is 0 Å². The number of pyridine rings is 1. The summed E-state index contributed by atoms with van der Waals surface area (Å²) < 4.78 is 0. The smallest absolute Gasteiger partial charge is 0.135 e.